The van der Waals surface area contributed by atoms with Gasteiger partial charge in [0.1, 0.15) is 5.75 Å². The van der Waals surface area contributed by atoms with Gasteiger partial charge in [-0.2, -0.15) is 0 Å². The Morgan fingerprint density at radius 2 is 1.61 bits per heavy atom. The van der Waals surface area contributed by atoms with Crippen molar-refractivity contribution < 1.29 is 22.7 Å². The van der Waals surface area contributed by atoms with Crippen LogP contribution in [0.25, 0.3) is 0 Å². The Balaban J connectivity index is 2.32. The summed E-state index contributed by atoms with van der Waals surface area (Å²) in [6.07, 6.45) is 0. The molecule has 8 heteroatoms. The van der Waals surface area contributed by atoms with Gasteiger partial charge in [-0.15, -0.1) is 0 Å². The van der Waals surface area contributed by atoms with Crippen molar-refractivity contribution in [2.24, 2.45) is 0 Å². The lowest BCUT2D eigenvalue weighted by molar-refractivity contribution is -0.109. The molecule has 2 aromatic rings. The third-order valence-electron chi connectivity index (χ3n) is 3.94. The highest BCUT2D eigenvalue weighted by atomic mass is 32.2. The van der Waals surface area contributed by atoms with E-state index in [1.165, 1.54) is 30.5 Å². The topological polar surface area (TPSA) is 80.8 Å². The predicted molar refractivity (Wildman–Crippen MR) is 112 cm³/mol. The van der Waals surface area contributed by atoms with Gasteiger partial charge in [-0.3, -0.25) is 13.9 Å². The zero-order valence-electron chi connectivity index (χ0n) is 16.2. The van der Waals surface area contributed by atoms with Gasteiger partial charge in [0.15, 0.2) is 10.9 Å². The Morgan fingerprint density at radius 1 is 1.04 bits per heavy atom. The molecule has 0 amide bonds. The van der Waals surface area contributed by atoms with Gasteiger partial charge in [-0.05, 0) is 62.4 Å². The molecule has 0 radical (unpaired) electrons. The molecule has 0 fully saturated rings. The van der Waals surface area contributed by atoms with Crippen LogP contribution in [0.4, 0.5) is 5.69 Å². The molecule has 0 heterocycles. The van der Waals surface area contributed by atoms with Crippen LogP contribution < -0.4 is 9.04 Å². The summed E-state index contributed by atoms with van der Waals surface area (Å²) in [5, 5.41) is -0.124. The lowest BCUT2D eigenvalue weighted by Crippen LogP contribution is -2.37. The van der Waals surface area contributed by atoms with Gasteiger partial charge in [-0.25, -0.2) is 8.42 Å². The maximum Gasteiger partial charge on any atom is 0.264 e. The number of sulfonamides is 1. The number of carbonyl (C=O) groups excluding carboxylic acids is 2. The number of ketones is 1. The van der Waals surface area contributed by atoms with Crippen molar-refractivity contribution in [3.05, 3.63) is 54.1 Å². The molecule has 0 N–H and O–H groups in total. The highest BCUT2D eigenvalue weighted by Gasteiger charge is 2.27. The van der Waals surface area contributed by atoms with Gasteiger partial charge in [0.05, 0.1) is 23.4 Å². The largest absolute Gasteiger partial charge is 0.497 e. The van der Waals surface area contributed by atoms with Crippen LogP contribution in [0, 0.1) is 0 Å². The number of hydrogen-bond donors (Lipinski definition) is 0. The summed E-state index contributed by atoms with van der Waals surface area (Å²) in [7, 11) is -2.27. The summed E-state index contributed by atoms with van der Waals surface area (Å²) < 4.78 is 32.7. The first kappa shape index (κ1) is 22.0. The van der Waals surface area contributed by atoms with Crippen molar-refractivity contribution in [2.45, 2.75) is 31.7 Å². The summed E-state index contributed by atoms with van der Waals surface area (Å²) in [5.74, 6) is 0.453. The van der Waals surface area contributed by atoms with E-state index in [1.54, 1.807) is 50.2 Å². The molecule has 0 aliphatic carbocycles. The third-order valence-corrected chi connectivity index (χ3v) is 6.77. The second-order valence-electron chi connectivity index (χ2n) is 6.32. The third kappa shape index (κ3) is 5.14. The number of nitrogens with zero attached hydrogens (tertiary/aromatic N) is 1. The Hall–Kier alpha value is -2.32. The van der Waals surface area contributed by atoms with Crippen LogP contribution in [-0.4, -0.2) is 38.2 Å². The van der Waals surface area contributed by atoms with Crippen LogP contribution >= 0.6 is 11.8 Å². The normalized spacial score (nSPS) is 11.3. The van der Waals surface area contributed by atoms with Crippen LogP contribution in [0.5, 0.6) is 5.75 Å². The van der Waals surface area contributed by atoms with Crippen molar-refractivity contribution in [1.82, 2.24) is 0 Å². The molecule has 28 heavy (non-hydrogen) atoms. The molecule has 0 atom stereocenters. The molecule has 2 rings (SSSR count). The minimum atomic E-state index is -3.79. The number of benzene rings is 2. The smallest absolute Gasteiger partial charge is 0.264 e. The molecular weight excluding hydrogens is 398 g/mol. The van der Waals surface area contributed by atoms with Crippen molar-refractivity contribution in [3.63, 3.8) is 0 Å². The average molecular weight is 422 g/mol. The number of Topliss-reactive ketones (excluding diaryl/α,β-unsaturated/α-hetero) is 1. The van der Waals surface area contributed by atoms with Crippen LogP contribution in [0.2, 0.25) is 0 Å². The van der Waals surface area contributed by atoms with E-state index in [4.69, 9.17) is 4.74 Å². The fourth-order valence-electron chi connectivity index (χ4n) is 2.62. The van der Waals surface area contributed by atoms with E-state index in [0.717, 1.165) is 11.8 Å². The second-order valence-corrected chi connectivity index (χ2v) is 9.29. The summed E-state index contributed by atoms with van der Waals surface area (Å²) in [5.41, 5.74) is 0.893. The molecule has 0 aliphatic rings. The number of rotatable bonds is 8. The first-order chi connectivity index (χ1) is 13.2. The van der Waals surface area contributed by atoms with Gasteiger partial charge in [0, 0.05) is 18.5 Å². The quantitative estimate of drug-likeness (QED) is 0.604. The number of hydrogen-bond acceptors (Lipinski definition) is 6. The van der Waals surface area contributed by atoms with E-state index >= 15 is 0 Å². The monoisotopic (exact) mass is 421 g/mol. The van der Waals surface area contributed by atoms with E-state index in [0.29, 0.717) is 17.0 Å². The number of methoxy groups -OCH3 is 1. The first-order valence-electron chi connectivity index (χ1n) is 8.62. The highest BCUT2D eigenvalue weighted by Crippen LogP contribution is 2.27. The van der Waals surface area contributed by atoms with Crippen molar-refractivity contribution in [2.75, 3.05) is 17.2 Å². The highest BCUT2D eigenvalue weighted by molar-refractivity contribution is 8.14. The Morgan fingerprint density at radius 3 is 2.07 bits per heavy atom. The molecule has 0 bridgehead atoms. The zero-order chi connectivity index (χ0) is 20.9. The summed E-state index contributed by atoms with van der Waals surface area (Å²) in [6, 6.07) is 12.2. The summed E-state index contributed by atoms with van der Waals surface area (Å²) in [6.45, 7) is 4.97. The van der Waals surface area contributed by atoms with Gasteiger partial charge in [-0.1, -0.05) is 11.8 Å². The number of anilines is 1. The fourth-order valence-corrected chi connectivity index (χ4v) is 4.78. The van der Waals surface area contributed by atoms with Crippen LogP contribution in [0.1, 0.15) is 31.1 Å². The molecule has 2 aromatic carbocycles. The molecule has 0 aromatic heterocycles. The summed E-state index contributed by atoms with van der Waals surface area (Å²) >= 11 is 0.949. The Bertz CT molecular complexity index is 936. The Labute approximate surface area is 169 Å². The SMILES string of the molecule is COc1ccc(S(=O)(=O)N(c2ccc(C(=O)CSC(C)=O)cc2)C(C)C)cc1. The molecule has 0 spiro atoms. The number of thioether (sulfide) groups is 1. The molecule has 0 saturated carbocycles. The second kappa shape index (κ2) is 9.25. The van der Waals surface area contributed by atoms with Crippen LogP contribution in [-0.2, 0) is 14.8 Å². The van der Waals surface area contributed by atoms with E-state index in [-0.39, 0.29) is 27.6 Å². The van der Waals surface area contributed by atoms with Crippen LogP contribution in [0.3, 0.4) is 0 Å². The minimum absolute atomic E-state index is 0.0622. The molecule has 150 valence electrons. The lowest BCUT2D eigenvalue weighted by Gasteiger charge is -2.28. The summed E-state index contributed by atoms with van der Waals surface area (Å²) in [4.78, 5) is 23.3. The maximum absolute atomic E-state index is 13.1. The van der Waals surface area contributed by atoms with Crippen molar-refractivity contribution in [1.29, 1.82) is 0 Å². The molecule has 0 saturated heterocycles. The molecule has 6 nitrogen and oxygen atoms in total. The number of ether oxygens (including phenoxy) is 1. The van der Waals surface area contributed by atoms with E-state index in [2.05, 4.69) is 0 Å². The Kier molecular flexibility index (Phi) is 7.26. The lowest BCUT2D eigenvalue weighted by atomic mass is 10.1. The first-order valence-corrected chi connectivity index (χ1v) is 11.0. The van der Waals surface area contributed by atoms with E-state index in [9.17, 15) is 18.0 Å². The maximum atomic E-state index is 13.1. The van der Waals surface area contributed by atoms with Crippen molar-refractivity contribution in [3.8, 4) is 5.75 Å². The predicted octanol–water partition coefficient (Wildman–Crippen LogP) is 3.76. The van der Waals surface area contributed by atoms with Crippen LogP contribution in [0.15, 0.2) is 53.4 Å². The average Bonchev–Trinajstić information content (AvgIpc) is 2.66. The fraction of sp³-hybridized carbons (Fsp3) is 0.300. The van der Waals surface area contributed by atoms with Gasteiger partial charge in [0.25, 0.3) is 10.0 Å². The number of carbonyl (C=O) groups is 2. The molecule has 0 unspecified atom stereocenters. The standard InChI is InChI=1S/C20H23NO5S2/c1-14(2)21(28(24,25)19-11-9-18(26-4)10-12-19)17-7-5-16(6-8-17)20(23)13-27-15(3)22/h5-12,14H,13H2,1-4H3. The van der Waals surface area contributed by atoms with Gasteiger partial charge < -0.3 is 4.74 Å². The van der Waals surface area contributed by atoms with Gasteiger partial charge in [0.2, 0.25) is 0 Å². The molecular formula is C20H23NO5S2. The zero-order valence-corrected chi connectivity index (χ0v) is 17.8. The van der Waals surface area contributed by atoms with E-state index < -0.39 is 10.0 Å². The van der Waals surface area contributed by atoms with E-state index in [1.807, 2.05) is 0 Å². The minimum Gasteiger partial charge on any atom is -0.497 e. The van der Waals surface area contributed by atoms with Gasteiger partial charge >= 0.3 is 0 Å². The van der Waals surface area contributed by atoms with Crippen molar-refractivity contribution >= 4 is 38.4 Å². The molecule has 0 aliphatic heterocycles.